The highest BCUT2D eigenvalue weighted by Gasteiger charge is 2.21. The van der Waals surface area contributed by atoms with Gasteiger partial charge in [-0.05, 0) is 24.6 Å². The molecular formula is C18H20N2O3S. The topological polar surface area (TPSA) is 61.2 Å². The van der Waals surface area contributed by atoms with E-state index >= 15 is 0 Å². The van der Waals surface area contributed by atoms with Crippen LogP contribution in [0, 0.1) is 0 Å². The first kappa shape index (κ1) is 16.5. The van der Waals surface area contributed by atoms with Gasteiger partial charge in [0.05, 0.1) is 17.7 Å². The summed E-state index contributed by atoms with van der Waals surface area (Å²) in [7, 11) is -3.72. The molecule has 5 nitrogen and oxygen atoms in total. The van der Waals surface area contributed by atoms with Crippen LogP contribution in [-0.2, 0) is 10.0 Å². The van der Waals surface area contributed by atoms with E-state index in [2.05, 4.69) is 12.0 Å². The number of unbranched alkanes of at least 4 members (excludes halogenated alkanes) is 2. The molecule has 0 aliphatic carbocycles. The molecular weight excluding hydrogens is 324 g/mol. The van der Waals surface area contributed by atoms with E-state index in [4.69, 9.17) is 4.74 Å². The number of nitrogens with zero attached hydrogens (tertiary/aromatic N) is 2. The molecule has 24 heavy (non-hydrogen) atoms. The molecule has 0 saturated heterocycles. The van der Waals surface area contributed by atoms with Crippen molar-refractivity contribution in [3.63, 3.8) is 0 Å². The van der Waals surface area contributed by atoms with Gasteiger partial charge in [0.25, 0.3) is 10.0 Å². The highest BCUT2D eigenvalue weighted by molar-refractivity contribution is 7.90. The standard InChI is InChI=1S/C18H20N2O3S/c1-2-3-6-14-23-17-10-11-18(16-9-5-4-8-15(16)17)24(21,22)20-13-7-12-19-20/h4-5,7-13H,2-3,6,14H2,1H3. The molecule has 0 unspecified atom stereocenters. The van der Waals surface area contributed by atoms with E-state index < -0.39 is 10.0 Å². The predicted molar refractivity (Wildman–Crippen MR) is 93.8 cm³/mol. The molecule has 0 saturated carbocycles. The first-order chi connectivity index (χ1) is 11.6. The zero-order chi connectivity index (χ0) is 17.0. The van der Waals surface area contributed by atoms with Gasteiger partial charge in [0.2, 0.25) is 0 Å². The number of aromatic nitrogens is 2. The minimum Gasteiger partial charge on any atom is -0.493 e. The number of hydrogen-bond donors (Lipinski definition) is 0. The fourth-order valence-corrected chi connectivity index (χ4v) is 3.93. The van der Waals surface area contributed by atoms with Gasteiger partial charge in [0.15, 0.2) is 0 Å². The van der Waals surface area contributed by atoms with Crippen LogP contribution in [0.15, 0.2) is 59.8 Å². The van der Waals surface area contributed by atoms with Crippen molar-refractivity contribution in [1.82, 2.24) is 9.19 Å². The number of fused-ring (bicyclic) bond motifs is 1. The van der Waals surface area contributed by atoms with Crippen molar-refractivity contribution in [1.29, 1.82) is 0 Å². The molecule has 2 aromatic carbocycles. The minimum atomic E-state index is -3.72. The van der Waals surface area contributed by atoms with E-state index in [1.54, 1.807) is 24.3 Å². The van der Waals surface area contributed by atoms with Gasteiger partial charge in [0.1, 0.15) is 5.75 Å². The van der Waals surface area contributed by atoms with Gasteiger partial charge < -0.3 is 4.74 Å². The molecule has 0 bridgehead atoms. The van der Waals surface area contributed by atoms with E-state index in [9.17, 15) is 8.42 Å². The molecule has 3 aromatic rings. The van der Waals surface area contributed by atoms with Crippen LogP contribution in [0.4, 0.5) is 0 Å². The van der Waals surface area contributed by atoms with E-state index in [1.165, 1.54) is 12.4 Å². The Bertz CT molecular complexity index is 919. The molecule has 0 amide bonds. The van der Waals surface area contributed by atoms with E-state index in [1.807, 2.05) is 18.2 Å². The summed E-state index contributed by atoms with van der Waals surface area (Å²) < 4.78 is 32.4. The van der Waals surface area contributed by atoms with Crippen LogP contribution in [0.3, 0.4) is 0 Å². The van der Waals surface area contributed by atoms with E-state index in [0.29, 0.717) is 17.7 Å². The Hall–Kier alpha value is -2.34. The van der Waals surface area contributed by atoms with Gasteiger partial charge in [-0.3, -0.25) is 0 Å². The van der Waals surface area contributed by atoms with Gasteiger partial charge in [-0.25, -0.2) is 0 Å². The normalized spacial score (nSPS) is 11.7. The second-order valence-corrected chi connectivity index (χ2v) is 7.31. The zero-order valence-corrected chi connectivity index (χ0v) is 14.4. The van der Waals surface area contributed by atoms with Crippen molar-refractivity contribution in [2.24, 2.45) is 0 Å². The third kappa shape index (κ3) is 3.14. The van der Waals surface area contributed by atoms with Crippen molar-refractivity contribution < 1.29 is 13.2 Å². The maximum absolute atomic E-state index is 12.8. The van der Waals surface area contributed by atoms with Crippen LogP contribution in [-0.4, -0.2) is 24.2 Å². The number of ether oxygens (including phenoxy) is 1. The Morgan fingerprint density at radius 1 is 1.04 bits per heavy atom. The largest absolute Gasteiger partial charge is 0.493 e. The van der Waals surface area contributed by atoms with Gasteiger partial charge in [-0.15, -0.1) is 0 Å². The molecule has 1 heterocycles. The Balaban J connectivity index is 2.03. The van der Waals surface area contributed by atoms with Crippen molar-refractivity contribution in [2.45, 2.75) is 31.1 Å². The monoisotopic (exact) mass is 344 g/mol. The van der Waals surface area contributed by atoms with Crippen LogP contribution in [0.5, 0.6) is 5.75 Å². The second kappa shape index (κ2) is 7.05. The molecule has 0 fully saturated rings. The number of hydrogen-bond acceptors (Lipinski definition) is 4. The Morgan fingerprint density at radius 3 is 2.54 bits per heavy atom. The fourth-order valence-electron chi connectivity index (χ4n) is 2.63. The van der Waals surface area contributed by atoms with Crippen LogP contribution in [0.2, 0.25) is 0 Å². The predicted octanol–water partition coefficient (Wildman–Crippen LogP) is 3.84. The van der Waals surface area contributed by atoms with Crippen molar-refractivity contribution in [3.05, 3.63) is 54.9 Å². The fraction of sp³-hybridized carbons (Fsp3) is 0.278. The summed E-state index contributed by atoms with van der Waals surface area (Å²) in [5, 5.41) is 5.29. The lowest BCUT2D eigenvalue weighted by Crippen LogP contribution is -2.14. The minimum absolute atomic E-state index is 0.225. The lowest BCUT2D eigenvalue weighted by Gasteiger charge is -2.13. The van der Waals surface area contributed by atoms with Crippen LogP contribution in [0.1, 0.15) is 26.2 Å². The third-order valence-corrected chi connectivity index (χ3v) is 5.47. The third-order valence-electron chi connectivity index (χ3n) is 3.85. The maximum atomic E-state index is 12.8. The lowest BCUT2D eigenvalue weighted by molar-refractivity contribution is 0.309. The zero-order valence-electron chi connectivity index (χ0n) is 13.6. The Kier molecular flexibility index (Phi) is 4.85. The molecule has 0 radical (unpaired) electrons. The molecule has 0 atom stereocenters. The van der Waals surface area contributed by atoms with Crippen LogP contribution >= 0.6 is 0 Å². The maximum Gasteiger partial charge on any atom is 0.283 e. The van der Waals surface area contributed by atoms with Crippen LogP contribution < -0.4 is 4.74 Å². The summed E-state index contributed by atoms with van der Waals surface area (Å²) in [6.07, 6.45) is 6.11. The highest BCUT2D eigenvalue weighted by atomic mass is 32.2. The lowest BCUT2D eigenvalue weighted by atomic mass is 10.1. The molecule has 126 valence electrons. The van der Waals surface area contributed by atoms with E-state index in [-0.39, 0.29) is 4.90 Å². The van der Waals surface area contributed by atoms with Gasteiger partial charge in [-0.1, -0.05) is 44.0 Å². The molecule has 0 aliphatic rings. The summed E-state index contributed by atoms with van der Waals surface area (Å²) in [5.74, 6) is 0.709. The Morgan fingerprint density at radius 2 is 1.83 bits per heavy atom. The molecule has 0 N–H and O–H groups in total. The highest BCUT2D eigenvalue weighted by Crippen LogP contribution is 2.32. The number of rotatable bonds is 7. The molecule has 0 aliphatic heterocycles. The van der Waals surface area contributed by atoms with E-state index in [0.717, 1.165) is 28.7 Å². The quantitative estimate of drug-likeness (QED) is 0.611. The average molecular weight is 344 g/mol. The van der Waals surface area contributed by atoms with Crippen molar-refractivity contribution in [2.75, 3.05) is 6.61 Å². The molecule has 0 spiro atoms. The summed E-state index contributed by atoms with van der Waals surface area (Å²) in [4.78, 5) is 0.225. The Labute approximate surface area is 141 Å². The van der Waals surface area contributed by atoms with Gasteiger partial charge in [-0.2, -0.15) is 17.6 Å². The van der Waals surface area contributed by atoms with Gasteiger partial charge in [0, 0.05) is 17.0 Å². The summed E-state index contributed by atoms with van der Waals surface area (Å²) in [6.45, 7) is 2.77. The first-order valence-electron chi connectivity index (χ1n) is 8.04. The SMILES string of the molecule is CCCCCOc1ccc(S(=O)(=O)n2cccn2)c2ccccc12. The number of benzene rings is 2. The summed E-state index contributed by atoms with van der Waals surface area (Å²) >= 11 is 0. The second-order valence-electron chi connectivity index (χ2n) is 5.55. The van der Waals surface area contributed by atoms with Gasteiger partial charge >= 0.3 is 0 Å². The van der Waals surface area contributed by atoms with Crippen LogP contribution in [0.25, 0.3) is 10.8 Å². The smallest absolute Gasteiger partial charge is 0.283 e. The molecule has 3 rings (SSSR count). The molecule has 1 aromatic heterocycles. The van der Waals surface area contributed by atoms with Crippen molar-refractivity contribution in [3.8, 4) is 5.75 Å². The first-order valence-corrected chi connectivity index (χ1v) is 9.48. The van der Waals surface area contributed by atoms with Crippen molar-refractivity contribution >= 4 is 20.8 Å². The average Bonchev–Trinajstić information content (AvgIpc) is 3.14. The summed E-state index contributed by atoms with van der Waals surface area (Å²) in [5.41, 5.74) is 0. The summed E-state index contributed by atoms with van der Waals surface area (Å²) in [6, 6.07) is 12.3. The molecule has 6 heteroatoms.